The zero-order chi connectivity index (χ0) is 17.9. The lowest BCUT2D eigenvalue weighted by Gasteiger charge is -2.11. The van der Waals surface area contributed by atoms with Crippen LogP contribution in [0, 0.1) is 6.92 Å². The third kappa shape index (κ3) is 8.57. The third-order valence-electron chi connectivity index (χ3n) is 3.20. The molecule has 0 aromatic heterocycles. The van der Waals surface area contributed by atoms with Gasteiger partial charge in [0.05, 0.1) is 6.42 Å². The maximum absolute atomic E-state index is 11.6. The van der Waals surface area contributed by atoms with Gasteiger partial charge in [-0.05, 0) is 32.4 Å². The normalized spacial score (nSPS) is 11.5. The maximum Gasteiger partial charge on any atom is 0.321 e. The van der Waals surface area contributed by atoms with Crippen molar-refractivity contribution in [2.24, 2.45) is 0 Å². The third-order valence-corrected chi connectivity index (χ3v) is 4.22. The zero-order valence-electron chi connectivity index (χ0n) is 14.3. The number of thioether (sulfide) groups is 1. The lowest BCUT2D eigenvalue weighted by Crippen LogP contribution is -2.44. The number of carbonyl (C=O) groups excluding carboxylic acids is 3. The van der Waals surface area contributed by atoms with Crippen molar-refractivity contribution in [2.45, 2.75) is 44.6 Å². The fourth-order valence-corrected chi connectivity index (χ4v) is 2.46. The molecule has 0 heterocycles. The number of benzene rings is 1. The molecular formula is C17H24N2O4S. The van der Waals surface area contributed by atoms with Gasteiger partial charge in [0, 0.05) is 16.7 Å². The topological polar surface area (TPSA) is 84.5 Å². The SMILES string of the molecule is CC[C@H](C)NC(=O)NC(=O)COC(=O)CCSc1ccc(C)cc1. The summed E-state index contributed by atoms with van der Waals surface area (Å²) in [5.74, 6) is -0.541. The van der Waals surface area contributed by atoms with Crippen molar-refractivity contribution in [3.05, 3.63) is 29.8 Å². The molecule has 1 aromatic rings. The molecule has 0 saturated heterocycles. The highest BCUT2D eigenvalue weighted by atomic mass is 32.2. The Morgan fingerprint density at radius 3 is 2.50 bits per heavy atom. The van der Waals surface area contributed by atoms with Crippen molar-refractivity contribution in [1.82, 2.24) is 10.6 Å². The van der Waals surface area contributed by atoms with E-state index in [2.05, 4.69) is 10.6 Å². The first-order chi connectivity index (χ1) is 11.4. The predicted octanol–water partition coefficient (Wildman–Crippen LogP) is 2.64. The van der Waals surface area contributed by atoms with E-state index in [9.17, 15) is 14.4 Å². The van der Waals surface area contributed by atoms with Gasteiger partial charge in [-0.3, -0.25) is 14.9 Å². The molecule has 0 aliphatic heterocycles. The Kier molecular flexibility index (Phi) is 8.93. The number of hydrogen-bond acceptors (Lipinski definition) is 5. The minimum Gasteiger partial charge on any atom is -0.456 e. The van der Waals surface area contributed by atoms with E-state index < -0.39 is 24.5 Å². The maximum atomic E-state index is 11.6. The molecule has 132 valence electrons. The summed E-state index contributed by atoms with van der Waals surface area (Å²) >= 11 is 1.55. The largest absolute Gasteiger partial charge is 0.456 e. The highest BCUT2D eigenvalue weighted by Gasteiger charge is 2.12. The minimum atomic E-state index is -0.643. The van der Waals surface area contributed by atoms with Crippen LogP contribution in [0.25, 0.3) is 0 Å². The molecule has 2 N–H and O–H groups in total. The van der Waals surface area contributed by atoms with E-state index in [1.54, 1.807) is 11.8 Å². The highest BCUT2D eigenvalue weighted by Crippen LogP contribution is 2.19. The van der Waals surface area contributed by atoms with Gasteiger partial charge in [0.15, 0.2) is 6.61 Å². The molecule has 0 spiro atoms. The quantitative estimate of drug-likeness (QED) is 0.555. The smallest absolute Gasteiger partial charge is 0.321 e. The molecular weight excluding hydrogens is 328 g/mol. The van der Waals surface area contributed by atoms with Gasteiger partial charge in [0.25, 0.3) is 5.91 Å². The molecule has 6 nitrogen and oxygen atoms in total. The van der Waals surface area contributed by atoms with E-state index >= 15 is 0 Å². The Morgan fingerprint density at radius 2 is 1.88 bits per heavy atom. The molecule has 1 atom stereocenters. The number of carbonyl (C=O) groups is 3. The molecule has 0 radical (unpaired) electrons. The van der Waals surface area contributed by atoms with E-state index in [4.69, 9.17) is 4.74 Å². The number of hydrogen-bond donors (Lipinski definition) is 2. The molecule has 7 heteroatoms. The number of amides is 3. The van der Waals surface area contributed by atoms with Crippen LogP contribution < -0.4 is 10.6 Å². The van der Waals surface area contributed by atoms with Crippen molar-refractivity contribution in [1.29, 1.82) is 0 Å². The molecule has 0 bridgehead atoms. The van der Waals surface area contributed by atoms with Gasteiger partial charge in [-0.25, -0.2) is 4.79 Å². The van der Waals surface area contributed by atoms with Gasteiger partial charge >= 0.3 is 12.0 Å². The van der Waals surface area contributed by atoms with Gasteiger partial charge in [-0.2, -0.15) is 0 Å². The molecule has 0 saturated carbocycles. The summed E-state index contributed by atoms with van der Waals surface area (Å²) in [7, 11) is 0. The van der Waals surface area contributed by atoms with Crippen molar-refractivity contribution in [3.63, 3.8) is 0 Å². The summed E-state index contributed by atoms with van der Waals surface area (Å²) in [6.07, 6.45) is 0.958. The summed E-state index contributed by atoms with van der Waals surface area (Å²) in [6, 6.07) is 7.40. The van der Waals surface area contributed by atoms with Gasteiger partial charge in [-0.1, -0.05) is 24.6 Å². The predicted molar refractivity (Wildman–Crippen MR) is 93.9 cm³/mol. The van der Waals surface area contributed by atoms with E-state index in [1.165, 1.54) is 5.56 Å². The zero-order valence-corrected chi connectivity index (χ0v) is 15.1. The number of urea groups is 1. The molecule has 1 aromatic carbocycles. The lowest BCUT2D eigenvalue weighted by molar-refractivity contribution is -0.147. The first kappa shape index (κ1) is 20.0. The number of aryl methyl sites for hydroxylation is 1. The van der Waals surface area contributed by atoms with Crippen molar-refractivity contribution in [2.75, 3.05) is 12.4 Å². The van der Waals surface area contributed by atoms with Gasteiger partial charge in [-0.15, -0.1) is 11.8 Å². The van der Waals surface area contributed by atoms with Crippen LogP contribution in [0.4, 0.5) is 4.79 Å². The lowest BCUT2D eigenvalue weighted by atomic mass is 10.2. The standard InChI is InChI=1S/C17H24N2O4S/c1-4-13(3)18-17(22)19-15(20)11-23-16(21)9-10-24-14-7-5-12(2)6-8-14/h5-8,13H,4,9-11H2,1-3H3,(H2,18,19,20,22)/t13-/m0/s1. The summed E-state index contributed by atoms with van der Waals surface area (Å²) in [4.78, 5) is 35.6. The Balaban J connectivity index is 2.17. The van der Waals surface area contributed by atoms with Crippen LogP contribution in [0.1, 0.15) is 32.3 Å². The Labute approximate surface area is 146 Å². The van der Waals surface area contributed by atoms with Crippen LogP contribution in [0.15, 0.2) is 29.2 Å². The first-order valence-electron chi connectivity index (χ1n) is 7.86. The van der Waals surface area contributed by atoms with E-state index in [1.807, 2.05) is 45.0 Å². The molecule has 1 rings (SSSR count). The first-order valence-corrected chi connectivity index (χ1v) is 8.84. The van der Waals surface area contributed by atoms with E-state index in [0.717, 1.165) is 11.3 Å². The van der Waals surface area contributed by atoms with Crippen LogP contribution in [0.3, 0.4) is 0 Å². The van der Waals surface area contributed by atoms with Gasteiger partial charge in [0.2, 0.25) is 0 Å². The number of imide groups is 1. The Bertz CT molecular complexity index is 560. The van der Waals surface area contributed by atoms with E-state index in [-0.39, 0.29) is 12.5 Å². The van der Waals surface area contributed by atoms with Crippen LogP contribution >= 0.6 is 11.8 Å². The van der Waals surface area contributed by atoms with Crippen molar-refractivity contribution < 1.29 is 19.1 Å². The summed E-state index contributed by atoms with van der Waals surface area (Å²) < 4.78 is 4.85. The molecule has 0 fully saturated rings. The van der Waals surface area contributed by atoms with E-state index in [0.29, 0.717) is 5.75 Å². The van der Waals surface area contributed by atoms with Crippen LogP contribution in [-0.2, 0) is 14.3 Å². The molecule has 24 heavy (non-hydrogen) atoms. The fraction of sp³-hybridized carbons (Fsp3) is 0.471. The van der Waals surface area contributed by atoms with Crippen LogP contribution in [-0.4, -0.2) is 36.3 Å². The molecule has 0 aliphatic carbocycles. The second-order valence-corrected chi connectivity index (χ2v) is 6.57. The van der Waals surface area contributed by atoms with Gasteiger partial charge in [0.1, 0.15) is 0 Å². The van der Waals surface area contributed by atoms with Gasteiger partial charge < -0.3 is 10.1 Å². The van der Waals surface area contributed by atoms with Crippen molar-refractivity contribution in [3.8, 4) is 0 Å². The summed E-state index contributed by atoms with van der Waals surface area (Å²) in [6.45, 7) is 5.31. The molecule has 3 amide bonds. The number of esters is 1. The number of rotatable bonds is 8. The summed E-state index contributed by atoms with van der Waals surface area (Å²) in [5, 5.41) is 4.71. The van der Waals surface area contributed by atoms with Crippen molar-refractivity contribution >= 4 is 29.7 Å². The van der Waals surface area contributed by atoms with Crippen LogP contribution in [0.2, 0.25) is 0 Å². The highest BCUT2D eigenvalue weighted by molar-refractivity contribution is 7.99. The number of nitrogens with one attached hydrogen (secondary N) is 2. The molecule has 0 aliphatic rings. The second-order valence-electron chi connectivity index (χ2n) is 5.40. The monoisotopic (exact) mass is 352 g/mol. The Morgan fingerprint density at radius 1 is 1.21 bits per heavy atom. The number of ether oxygens (including phenoxy) is 1. The second kappa shape index (κ2) is 10.7. The molecule has 0 unspecified atom stereocenters. The average Bonchev–Trinajstić information content (AvgIpc) is 2.54. The van der Waals surface area contributed by atoms with Crippen LogP contribution in [0.5, 0.6) is 0 Å². The fourth-order valence-electron chi connectivity index (χ4n) is 1.63. The average molecular weight is 352 g/mol. The summed E-state index contributed by atoms with van der Waals surface area (Å²) in [5.41, 5.74) is 1.18. The Hall–Kier alpha value is -2.02. The minimum absolute atomic E-state index is 0.0286.